The van der Waals surface area contributed by atoms with Gasteiger partial charge < -0.3 is 15.3 Å². The third-order valence-electron chi connectivity index (χ3n) is 4.22. The monoisotopic (exact) mass is 487 g/mol. The number of benzene rings is 1. The van der Waals surface area contributed by atoms with Crippen molar-refractivity contribution in [2.45, 2.75) is 19.5 Å². The highest BCUT2D eigenvalue weighted by Crippen LogP contribution is 2.18. The molecule has 1 saturated heterocycles. The molecule has 2 rings (SSSR count). The highest BCUT2D eigenvalue weighted by molar-refractivity contribution is 7.89. The molecule has 176 valence electrons. The van der Waals surface area contributed by atoms with Crippen LogP contribution in [0.4, 0.5) is 13.2 Å². The number of nitrogens with zero attached hydrogens (tertiary/aromatic N) is 2. The van der Waals surface area contributed by atoms with Crippen LogP contribution in [0, 0.1) is 0 Å². The van der Waals surface area contributed by atoms with Gasteiger partial charge >= 0.3 is 12.1 Å². The number of alkyl halides is 3. The van der Waals surface area contributed by atoms with Gasteiger partial charge in [0, 0.05) is 39.3 Å². The quantitative estimate of drug-likeness (QED) is 0.609. The van der Waals surface area contributed by atoms with Crippen molar-refractivity contribution in [2.75, 3.05) is 45.0 Å². The molecule has 0 bridgehead atoms. The van der Waals surface area contributed by atoms with Gasteiger partial charge in [0.2, 0.25) is 10.0 Å². The zero-order chi connectivity index (χ0) is 23.7. The lowest BCUT2D eigenvalue weighted by Gasteiger charge is -2.28. The van der Waals surface area contributed by atoms with Gasteiger partial charge in [-0.1, -0.05) is 30.7 Å². The molecule has 0 saturated carbocycles. The maximum Gasteiger partial charge on any atom is 0.490 e. The molecule has 1 aromatic rings. The molecule has 1 heterocycles. The summed E-state index contributed by atoms with van der Waals surface area (Å²) in [6, 6.07) is 6.84. The van der Waals surface area contributed by atoms with Gasteiger partial charge in [-0.2, -0.15) is 17.5 Å². The van der Waals surface area contributed by atoms with Crippen LogP contribution < -0.4 is 5.32 Å². The second-order valence-corrected chi connectivity index (χ2v) is 9.04. The maximum absolute atomic E-state index is 12.7. The SMILES string of the molecule is CCCN(CCS(=O)(=O)N1CCNCC1)C(=O)c1ccccc1Cl.O=C(O)C(F)(F)F. The Balaban J connectivity index is 0.000000592. The molecule has 0 aromatic heterocycles. The third kappa shape index (κ3) is 9.01. The fraction of sp³-hybridized carbons (Fsp3) is 0.556. The van der Waals surface area contributed by atoms with Crippen LogP contribution >= 0.6 is 11.6 Å². The van der Waals surface area contributed by atoms with Gasteiger partial charge in [-0.05, 0) is 18.6 Å². The molecule has 0 unspecified atom stereocenters. The summed E-state index contributed by atoms with van der Waals surface area (Å²) in [5, 5.41) is 10.6. The molecule has 0 spiro atoms. The smallest absolute Gasteiger partial charge is 0.475 e. The molecule has 13 heteroatoms. The van der Waals surface area contributed by atoms with Crippen LogP contribution in [0.15, 0.2) is 24.3 Å². The van der Waals surface area contributed by atoms with Crippen molar-refractivity contribution in [3.63, 3.8) is 0 Å². The maximum atomic E-state index is 12.7. The van der Waals surface area contributed by atoms with E-state index in [1.54, 1.807) is 29.2 Å². The second-order valence-electron chi connectivity index (χ2n) is 6.54. The normalized spacial score (nSPS) is 15.0. The number of carbonyl (C=O) groups is 2. The Hall–Kier alpha value is -1.89. The van der Waals surface area contributed by atoms with Crippen molar-refractivity contribution >= 4 is 33.5 Å². The van der Waals surface area contributed by atoms with Crippen molar-refractivity contribution in [1.82, 2.24) is 14.5 Å². The van der Waals surface area contributed by atoms with Crippen LogP contribution in [0.3, 0.4) is 0 Å². The van der Waals surface area contributed by atoms with Gasteiger partial charge in [-0.3, -0.25) is 4.79 Å². The van der Waals surface area contributed by atoms with Gasteiger partial charge in [-0.25, -0.2) is 13.2 Å². The number of rotatable bonds is 7. The van der Waals surface area contributed by atoms with E-state index in [1.807, 2.05) is 6.92 Å². The number of carbonyl (C=O) groups excluding carboxylic acids is 1. The minimum absolute atomic E-state index is 0.0663. The molecular weight excluding hydrogens is 463 g/mol. The number of sulfonamides is 1. The van der Waals surface area contributed by atoms with Crippen molar-refractivity contribution in [2.24, 2.45) is 0 Å². The first-order chi connectivity index (χ1) is 14.4. The topological polar surface area (TPSA) is 107 Å². The number of carboxylic acids is 1. The number of nitrogens with one attached hydrogen (secondary N) is 1. The van der Waals surface area contributed by atoms with Crippen LogP contribution in [-0.4, -0.2) is 85.8 Å². The first-order valence-corrected chi connectivity index (χ1v) is 11.4. The van der Waals surface area contributed by atoms with Gasteiger partial charge in [0.05, 0.1) is 16.3 Å². The average Bonchev–Trinajstić information content (AvgIpc) is 2.71. The minimum Gasteiger partial charge on any atom is -0.475 e. The summed E-state index contributed by atoms with van der Waals surface area (Å²) in [5.41, 5.74) is 0.409. The zero-order valence-corrected chi connectivity index (χ0v) is 18.4. The molecule has 1 aliphatic rings. The van der Waals surface area contributed by atoms with Crippen molar-refractivity contribution in [3.05, 3.63) is 34.9 Å². The molecule has 31 heavy (non-hydrogen) atoms. The molecule has 8 nitrogen and oxygen atoms in total. The summed E-state index contributed by atoms with van der Waals surface area (Å²) in [6.45, 7) is 4.92. The Morgan fingerprint density at radius 2 is 1.74 bits per heavy atom. The molecule has 1 amide bonds. The summed E-state index contributed by atoms with van der Waals surface area (Å²) in [4.78, 5) is 23.1. The number of piperazine rings is 1. The Kier molecular flexibility index (Phi) is 10.7. The number of aliphatic carboxylic acids is 1. The highest BCUT2D eigenvalue weighted by atomic mass is 35.5. The minimum atomic E-state index is -5.08. The molecule has 0 aliphatic carbocycles. The Bertz CT molecular complexity index is 846. The van der Waals surface area contributed by atoms with Gasteiger partial charge in [0.15, 0.2) is 0 Å². The first-order valence-electron chi connectivity index (χ1n) is 9.42. The average molecular weight is 488 g/mol. The first kappa shape index (κ1) is 27.1. The Morgan fingerprint density at radius 1 is 1.19 bits per heavy atom. The number of carboxylic acid groups (broad SMARTS) is 1. The predicted octanol–water partition coefficient (Wildman–Crippen LogP) is 2.06. The second kappa shape index (κ2) is 12.2. The van der Waals surface area contributed by atoms with Crippen LogP contribution in [0.5, 0.6) is 0 Å². The summed E-state index contributed by atoms with van der Waals surface area (Å²) >= 11 is 6.09. The predicted molar refractivity (Wildman–Crippen MR) is 110 cm³/mol. The van der Waals surface area contributed by atoms with E-state index in [-0.39, 0.29) is 18.2 Å². The third-order valence-corrected chi connectivity index (χ3v) is 6.40. The van der Waals surface area contributed by atoms with Crippen LogP contribution in [-0.2, 0) is 14.8 Å². The number of hydrogen-bond donors (Lipinski definition) is 2. The van der Waals surface area contributed by atoms with E-state index in [0.717, 1.165) is 6.42 Å². The van der Waals surface area contributed by atoms with E-state index in [4.69, 9.17) is 21.5 Å². The molecular formula is C18H25ClF3N3O5S. The van der Waals surface area contributed by atoms with Gasteiger partial charge in [-0.15, -0.1) is 0 Å². The number of halogens is 4. The van der Waals surface area contributed by atoms with E-state index >= 15 is 0 Å². The molecule has 1 aliphatic heterocycles. The van der Waals surface area contributed by atoms with Gasteiger partial charge in [0.1, 0.15) is 0 Å². The largest absolute Gasteiger partial charge is 0.490 e. The summed E-state index contributed by atoms with van der Waals surface area (Å²) in [7, 11) is -3.36. The van der Waals surface area contributed by atoms with Crippen molar-refractivity contribution in [3.8, 4) is 0 Å². The molecule has 2 N–H and O–H groups in total. The summed E-state index contributed by atoms with van der Waals surface area (Å²) in [6.07, 6.45) is -4.33. The van der Waals surface area contributed by atoms with Crippen molar-refractivity contribution < 1.29 is 36.3 Å². The summed E-state index contributed by atoms with van der Waals surface area (Å²) in [5.74, 6) is -3.05. The highest BCUT2D eigenvalue weighted by Gasteiger charge is 2.38. The lowest BCUT2D eigenvalue weighted by atomic mass is 10.2. The lowest BCUT2D eigenvalue weighted by Crippen LogP contribution is -2.48. The van der Waals surface area contributed by atoms with Crippen LogP contribution in [0.1, 0.15) is 23.7 Å². The number of hydrogen-bond acceptors (Lipinski definition) is 5. The van der Waals surface area contributed by atoms with Crippen LogP contribution in [0.2, 0.25) is 5.02 Å². The van der Waals surface area contributed by atoms with Gasteiger partial charge in [0.25, 0.3) is 5.91 Å². The fourth-order valence-corrected chi connectivity index (χ4v) is 4.33. The fourth-order valence-electron chi connectivity index (χ4n) is 2.67. The van der Waals surface area contributed by atoms with E-state index in [2.05, 4.69) is 5.32 Å². The van der Waals surface area contributed by atoms with E-state index in [0.29, 0.717) is 43.3 Å². The number of amides is 1. The van der Waals surface area contributed by atoms with Crippen molar-refractivity contribution in [1.29, 1.82) is 0 Å². The lowest BCUT2D eigenvalue weighted by molar-refractivity contribution is -0.192. The van der Waals surface area contributed by atoms with E-state index < -0.39 is 22.2 Å². The molecule has 0 atom stereocenters. The van der Waals surface area contributed by atoms with Crippen LogP contribution in [0.25, 0.3) is 0 Å². The van der Waals surface area contributed by atoms with E-state index in [9.17, 15) is 26.4 Å². The standard InChI is InChI=1S/C16H24ClN3O3S.C2HF3O2/c1-2-9-19(16(21)14-5-3-4-6-15(14)17)12-13-24(22,23)20-10-7-18-8-11-20;3-2(4,5)1(6)7/h3-6,18H,2,7-13H2,1H3;(H,6,7). The van der Waals surface area contributed by atoms with E-state index in [1.165, 1.54) is 4.31 Å². The Morgan fingerprint density at radius 3 is 2.23 bits per heavy atom. The molecule has 1 fully saturated rings. The molecule has 1 aromatic carbocycles. The molecule has 0 radical (unpaired) electrons. The Labute approximate surface area is 184 Å². The zero-order valence-electron chi connectivity index (χ0n) is 16.9. The summed E-state index contributed by atoms with van der Waals surface area (Å²) < 4.78 is 58.1.